The third kappa shape index (κ3) is 2.08. The Morgan fingerprint density at radius 3 is 2.93 bits per heavy atom. The first-order valence-corrected chi connectivity index (χ1v) is 6.18. The normalized spacial score (nSPS) is 22.5. The van der Waals surface area contributed by atoms with Gasteiger partial charge in [-0.15, -0.1) is 0 Å². The van der Waals surface area contributed by atoms with E-state index in [4.69, 9.17) is 5.73 Å². The summed E-state index contributed by atoms with van der Waals surface area (Å²) in [6, 6.07) is 1.92. The van der Waals surface area contributed by atoms with E-state index < -0.39 is 0 Å². The van der Waals surface area contributed by atoms with Gasteiger partial charge < -0.3 is 5.73 Å². The standard InChI is InChI=1S/C10H14N4S/c11-10(4-5-10)8-3-6-12-9(13-8)14-15-7-1-2-7/h3,6-7H,1-2,4-5,11H2,(H,12,13,14). The van der Waals surface area contributed by atoms with Crippen molar-refractivity contribution in [3.05, 3.63) is 18.0 Å². The van der Waals surface area contributed by atoms with Crippen molar-refractivity contribution in [3.8, 4) is 0 Å². The Morgan fingerprint density at radius 2 is 2.27 bits per heavy atom. The molecule has 3 N–H and O–H groups in total. The van der Waals surface area contributed by atoms with Gasteiger partial charge in [0, 0.05) is 11.4 Å². The van der Waals surface area contributed by atoms with Crippen LogP contribution in [0.2, 0.25) is 0 Å². The summed E-state index contributed by atoms with van der Waals surface area (Å²) in [4.78, 5) is 8.62. The molecule has 0 atom stereocenters. The van der Waals surface area contributed by atoms with E-state index in [0.717, 1.165) is 23.8 Å². The topological polar surface area (TPSA) is 63.8 Å². The molecule has 2 saturated carbocycles. The molecule has 2 aliphatic carbocycles. The van der Waals surface area contributed by atoms with E-state index in [1.165, 1.54) is 12.8 Å². The van der Waals surface area contributed by atoms with Crippen LogP contribution in [0, 0.1) is 0 Å². The van der Waals surface area contributed by atoms with Gasteiger partial charge in [-0.1, -0.05) is 0 Å². The van der Waals surface area contributed by atoms with Crippen molar-refractivity contribution in [1.82, 2.24) is 9.97 Å². The molecule has 0 aliphatic heterocycles. The number of rotatable bonds is 4. The van der Waals surface area contributed by atoms with E-state index in [0.29, 0.717) is 5.95 Å². The molecule has 4 nitrogen and oxygen atoms in total. The summed E-state index contributed by atoms with van der Waals surface area (Å²) < 4.78 is 3.19. The van der Waals surface area contributed by atoms with Crippen molar-refractivity contribution in [2.75, 3.05) is 4.72 Å². The second-order valence-electron chi connectivity index (χ2n) is 4.34. The van der Waals surface area contributed by atoms with Crippen LogP contribution in [0.15, 0.2) is 12.3 Å². The molecule has 1 heterocycles. The van der Waals surface area contributed by atoms with Gasteiger partial charge in [0.05, 0.1) is 11.2 Å². The molecule has 80 valence electrons. The van der Waals surface area contributed by atoms with Gasteiger partial charge in [-0.25, -0.2) is 9.97 Å². The van der Waals surface area contributed by atoms with Gasteiger partial charge in [0.2, 0.25) is 5.95 Å². The third-order valence-corrected chi connectivity index (χ3v) is 3.90. The molecule has 15 heavy (non-hydrogen) atoms. The molecule has 2 fully saturated rings. The predicted molar refractivity (Wildman–Crippen MR) is 61.4 cm³/mol. The zero-order chi connectivity index (χ0) is 10.3. The first-order chi connectivity index (χ1) is 7.26. The van der Waals surface area contributed by atoms with Gasteiger partial charge in [0.1, 0.15) is 0 Å². The Balaban J connectivity index is 1.71. The number of nitrogens with one attached hydrogen (secondary N) is 1. The van der Waals surface area contributed by atoms with Crippen molar-refractivity contribution in [3.63, 3.8) is 0 Å². The minimum atomic E-state index is -0.163. The lowest BCUT2D eigenvalue weighted by molar-refractivity contribution is 0.705. The fourth-order valence-corrected chi connectivity index (χ4v) is 2.14. The fraction of sp³-hybridized carbons (Fsp3) is 0.600. The van der Waals surface area contributed by atoms with E-state index in [9.17, 15) is 0 Å². The maximum absolute atomic E-state index is 6.08. The highest BCUT2D eigenvalue weighted by Gasteiger charge is 2.41. The van der Waals surface area contributed by atoms with Crippen LogP contribution in [-0.2, 0) is 5.54 Å². The van der Waals surface area contributed by atoms with Gasteiger partial charge >= 0.3 is 0 Å². The SMILES string of the molecule is NC1(c2ccnc(NSC3CC3)n2)CC1. The van der Waals surface area contributed by atoms with Crippen LogP contribution in [0.5, 0.6) is 0 Å². The molecule has 1 aromatic rings. The molecule has 1 aromatic heterocycles. The summed E-state index contributed by atoms with van der Waals surface area (Å²) in [5.41, 5.74) is 6.89. The zero-order valence-electron chi connectivity index (χ0n) is 8.44. The van der Waals surface area contributed by atoms with E-state index in [1.807, 2.05) is 6.07 Å². The van der Waals surface area contributed by atoms with Crippen molar-refractivity contribution < 1.29 is 0 Å². The molecule has 0 radical (unpaired) electrons. The summed E-state index contributed by atoms with van der Waals surface area (Å²) in [5, 5.41) is 0.755. The lowest BCUT2D eigenvalue weighted by atomic mass is 10.2. The first kappa shape index (κ1) is 9.42. The summed E-state index contributed by atoms with van der Waals surface area (Å²) in [5.74, 6) is 0.695. The van der Waals surface area contributed by atoms with Crippen LogP contribution in [0.1, 0.15) is 31.4 Å². The lowest BCUT2D eigenvalue weighted by Gasteiger charge is -2.09. The number of anilines is 1. The van der Waals surface area contributed by atoms with Gasteiger partial charge in [0.25, 0.3) is 0 Å². The predicted octanol–water partition coefficient (Wildman–Crippen LogP) is 1.65. The van der Waals surface area contributed by atoms with Crippen LogP contribution in [0.25, 0.3) is 0 Å². The van der Waals surface area contributed by atoms with E-state index >= 15 is 0 Å². The van der Waals surface area contributed by atoms with E-state index in [2.05, 4.69) is 14.7 Å². The molecule has 0 unspecified atom stereocenters. The number of nitrogens with two attached hydrogens (primary N) is 1. The fourth-order valence-electron chi connectivity index (χ4n) is 1.40. The average molecular weight is 222 g/mol. The molecular formula is C10H14N4S. The van der Waals surface area contributed by atoms with Gasteiger partial charge in [-0.3, -0.25) is 4.72 Å². The average Bonchev–Trinajstić information content (AvgIpc) is 3.12. The van der Waals surface area contributed by atoms with E-state index in [-0.39, 0.29) is 5.54 Å². The number of nitrogens with zero attached hydrogens (tertiary/aromatic N) is 2. The summed E-state index contributed by atoms with van der Waals surface area (Å²) in [6.45, 7) is 0. The Morgan fingerprint density at radius 1 is 1.47 bits per heavy atom. The minimum Gasteiger partial charge on any atom is -0.320 e. The first-order valence-electron chi connectivity index (χ1n) is 5.30. The maximum Gasteiger partial charge on any atom is 0.233 e. The Bertz CT molecular complexity index is 373. The number of aromatic nitrogens is 2. The molecule has 2 aliphatic rings. The van der Waals surface area contributed by atoms with Crippen molar-refractivity contribution >= 4 is 17.9 Å². The van der Waals surface area contributed by atoms with Crippen LogP contribution >= 0.6 is 11.9 Å². The van der Waals surface area contributed by atoms with Gasteiger partial charge in [-0.05, 0) is 43.7 Å². The molecule has 0 spiro atoms. The van der Waals surface area contributed by atoms with Crippen molar-refractivity contribution in [1.29, 1.82) is 0 Å². The number of hydrogen-bond acceptors (Lipinski definition) is 5. The molecule has 5 heteroatoms. The molecule has 0 saturated heterocycles. The van der Waals surface area contributed by atoms with Gasteiger partial charge in [-0.2, -0.15) is 0 Å². The molecule has 0 amide bonds. The van der Waals surface area contributed by atoms with Gasteiger partial charge in [0.15, 0.2) is 0 Å². The Kier molecular flexibility index (Phi) is 2.10. The monoisotopic (exact) mass is 222 g/mol. The zero-order valence-corrected chi connectivity index (χ0v) is 9.26. The highest BCUT2D eigenvalue weighted by Crippen LogP contribution is 2.41. The second-order valence-corrected chi connectivity index (χ2v) is 5.45. The summed E-state index contributed by atoms with van der Waals surface area (Å²) >= 11 is 1.72. The molecule has 3 rings (SSSR count). The molecular weight excluding hydrogens is 208 g/mol. The Labute approximate surface area is 93.2 Å². The molecule has 0 aromatic carbocycles. The summed E-state index contributed by atoms with van der Waals surface area (Å²) in [6.07, 6.45) is 6.47. The van der Waals surface area contributed by atoms with Crippen LogP contribution in [0.3, 0.4) is 0 Å². The van der Waals surface area contributed by atoms with Crippen molar-refractivity contribution in [2.45, 2.75) is 36.5 Å². The molecule has 0 bridgehead atoms. The Hall–Kier alpha value is -0.810. The maximum atomic E-state index is 6.08. The van der Waals surface area contributed by atoms with Crippen LogP contribution in [-0.4, -0.2) is 15.2 Å². The summed E-state index contributed by atoms with van der Waals surface area (Å²) in [7, 11) is 0. The highest BCUT2D eigenvalue weighted by atomic mass is 32.2. The minimum absolute atomic E-state index is 0.163. The highest BCUT2D eigenvalue weighted by molar-refractivity contribution is 8.01. The van der Waals surface area contributed by atoms with Crippen LogP contribution < -0.4 is 10.5 Å². The lowest BCUT2D eigenvalue weighted by Crippen LogP contribution is -2.20. The van der Waals surface area contributed by atoms with Crippen LogP contribution in [0.4, 0.5) is 5.95 Å². The smallest absolute Gasteiger partial charge is 0.233 e. The largest absolute Gasteiger partial charge is 0.320 e. The third-order valence-electron chi connectivity index (χ3n) is 2.80. The quantitative estimate of drug-likeness (QED) is 0.758. The number of hydrogen-bond donors (Lipinski definition) is 2. The second kappa shape index (κ2) is 3.35. The van der Waals surface area contributed by atoms with E-state index in [1.54, 1.807) is 18.1 Å². The van der Waals surface area contributed by atoms with Crippen molar-refractivity contribution in [2.24, 2.45) is 5.73 Å².